The maximum atomic E-state index is 10.9. The zero-order valence-electron chi connectivity index (χ0n) is 12.8. The van der Waals surface area contributed by atoms with Gasteiger partial charge in [-0.1, -0.05) is 30.3 Å². The van der Waals surface area contributed by atoms with Crippen LogP contribution in [0.2, 0.25) is 0 Å². The predicted molar refractivity (Wildman–Crippen MR) is 82.5 cm³/mol. The second-order valence-corrected chi connectivity index (χ2v) is 6.55. The van der Waals surface area contributed by atoms with E-state index in [1.54, 1.807) is 0 Å². The maximum absolute atomic E-state index is 10.9. The molecule has 0 aliphatic carbocycles. The van der Waals surface area contributed by atoms with E-state index in [1.807, 2.05) is 30.3 Å². The molecule has 0 radical (unpaired) electrons. The van der Waals surface area contributed by atoms with Crippen LogP contribution in [-0.2, 0) is 5.60 Å². The highest BCUT2D eigenvalue weighted by atomic mass is 16.3. The second kappa shape index (κ2) is 5.82. The molecule has 20 heavy (non-hydrogen) atoms. The van der Waals surface area contributed by atoms with Crippen LogP contribution in [0, 0.1) is 0 Å². The Balaban J connectivity index is 2.11. The smallest absolute Gasteiger partial charge is 0.114 e. The van der Waals surface area contributed by atoms with Crippen LogP contribution in [0.3, 0.4) is 0 Å². The van der Waals surface area contributed by atoms with Crippen molar-refractivity contribution in [1.82, 2.24) is 9.80 Å². The van der Waals surface area contributed by atoms with Crippen molar-refractivity contribution in [2.24, 2.45) is 5.73 Å². The maximum Gasteiger partial charge on any atom is 0.114 e. The van der Waals surface area contributed by atoms with Gasteiger partial charge in [-0.25, -0.2) is 0 Å². The highest BCUT2D eigenvalue weighted by Crippen LogP contribution is 2.25. The van der Waals surface area contributed by atoms with Gasteiger partial charge in [0.25, 0.3) is 0 Å². The number of rotatable bonds is 4. The fourth-order valence-electron chi connectivity index (χ4n) is 2.87. The predicted octanol–water partition coefficient (Wildman–Crippen LogP) is 0.859. The van der Waals surface area contributed by atoms with Crippen molar-refractivity contribution in [3.63, 3.8) is 0 Å². The molecule has 1 aliphatic rings. The Hall–Kier alpha value is -0.940. The molecule has 1 aromatic carbocycles. The molecule has 1 heterocycles. The average molecular weight is 277 g/mol. The van der Waals surface area contributed by atoms with Crippen molar-refractivity contribution in [2.75, 3.05) is 39.8 Å². The monoisotopic (exact) mass is 277 g/mol. The quantitative estimate of drug-likeness (QED) is 0.857. The fourth-order valence-corrected chi connectivity index (χ4v) is 2.87. The van der Waals surface area contributed by atoms with Crippen LogP contribution < -0.4 is 5.73 Å². The molecule has 1 atom stereocenters. The van der Waals surface area contributed by atoms with Gasteiger partial charge >= 0.3 is 0 Å². The van der Waals surface area contributed by atoms with E-state index < -0.39 is 5.60 Å². The van der Waals surface area contributed by atoms with Crippen LogP contribution in [0.5, 0.6) is 0 Å². The van der Waals surface area contributed by atoms with Crippen LogP contribution in [0.15, 0.2) is 30.3 Å². The normalized spacial score (nSPS) is 23.4. The minimum atomic E-state index is -0.965. The van der Waals surface area contributed by atoms with Gasteiger partial charge in [-0.3, -0.25) is 9.80 Å². The second-order valence-electron chi connectivity index (χ2n) is 6.55. The van der Waals surface area contributed by atoms with Gasteiger partial charge in [0.2, 0.25) is 0 Å². The van der Waals surface area contributed by atoms with Crippen LogP contribution in [0.1, 0.15) is 19.4 Å². The molecule has 0 bridgehead atoms. The number of nitrogens with zero attached hydrogens (tertiary/aromatic N) is 2. The van der Waals surface area contributed by atoms with Gasteiger partial charge in [0, 0.05) is 38.3 Å². The third-order valence-electron chi connectivity index (χ3n) is 4.53. The first kappa shape index (κ1) is 15.4. The largest absolute Gasteiger partial charge is 0.382 e. The van der Waals surface area contributed by atoms with Gasteiger partial charge in [0.15, 0.2) is 0 Å². The summed E-state index contributed by atoms with van der Waals surface area (Å²) in [6.07, 6.45) is 0. The van der Waals surface area contributed by atoms with E-state index >= 15 is 0 Å². The molecule has 1 aliphatic heterocycles. The highest BCUT2D eigenvalue weighted by Gasteiger charge is 2.36. The van der Waals surface area contributed by atoms with Gasteiger partial charge in [-0.05, 0) is 26.5 Å². The lowest BCUT2D eigenvalue weighted by atomic mass is 9.91. The first-order chi connectivity index (χ1) is 9.37. The van der Waals surface area contributed by atoms with Crippen molar-refractivity contribution in [3.8, 4) is 0 Å². The van der Waals surface area contributed by atoms with Gasteiger partial charge in [-0.2, -0.15) is 0 Å². The molecule has 4 nitrogen and oxygen atoms in total. The molecule has 2 rings (SSSR count). The Morgan fingerprint density at radius 3 is 2.45 bits per heavy atom. The van der Waals surface area contributed by atoms with Crippen molar-refractivity contribution >= 4 is 0 Å². The number of piperazine rings is 1. The molecule has 112 valence electrons. The molecule has 1 aromatic rings. The van der Waals surface area contributed by atoms with E-state index in [1.165, 1.54) is 0 Å². The standard InChI is InChI=1S/C16H27N3O/c1-15(2)12-19(10-9-18(15)3)13-16(20,11-17)14-7-5-4-6-8-14/h4-8,20H,9-13,17H2,1-3H3. The Labute approximate surface area is 122 Å². The number of likely N-dealkylation sites (N-methyl/N-ethyl adjacent to an activating group) is 1. The zero-order chi connectivity index (χ0) is 14.8. The summed E-state index contributed by atoms with van der Waals surface area (Å²) in [6.45, 7) is 8.23. The van der Waals surface area contributed by atoms with Crippen LogP contribution in [0.4, 0.5) is 0 Å². The Morgan fingerprint density at radius 1 is 1.25 bits per heavy atom. The van der Waals surface area contributed by atoms with Crippen LogP contribution >= 0.6 is 0 Å². The van der Waals surface area contributed by atoms with E-state index in [0.29, 0.717) is 6.54 Å². The molecule has 0 aromatic heterocycles. The van der Waals surface area contributed by atoms with E-state index in [0.717, 1.165) is 25.2 Å². The molecule has 1 saturated heterocycles. The van der Waals surface area contributed by atoms with Crippen LogP contribution in [0.25, 0.3) is 0 Å². The van der Waals surface area contributed by atoms with Gasteiger partial charge in [0.05, 0.1) is 0 Å². The summed E-state index contributed by atoms with van der Waals surface area (Å²) in [7, 11) is 2.16. The van der Waals surface area contributed by atoms with Crippen molar-refractivity contribution in [3.05, 3.63) is 35.9 Å². The molecular weight excluding hydrogens is 250 g/mol. The lowest BCUT2D eigenvalue weighted by molar-refractivity contribution is -0.0322. The summed E-state index contributed by atoms with van der Waals surface area (Å²) in [5, 5.41) is 10.9. The van der Waals surface area contributed by atoms with Crippen molar-refractivity contribution < 1.29 is 5.11 Å². The topological polar surface area (TPSA) is 52.7 Å². The van der Waals surface area contributed by atoms with E-state index in [9.17, 15) is 5.11 Å². The highest BCUT2D eigenvalue weighted by molar-refractivity contribution is 5.23. The van der Waals surface area contributed by atoms with E-state index in [4.69, 9.17) is 5.73 Å². The van der Waals surface area contributed by atoms with Gasteiger partial charge in [-0.15, -0.1) is 0 Å². The fraction of sp³-hybridized carbons (Fsp3) is 0.625. The number of β-amino-alcohol motifs (C(OH)–C–C–N with tert-alkyl or cyclic N) is 1. The molecule has 0 spiro atoms. The molecular formula is C16H27N3O. The Bertz CT molecular complexity index is 435. The number of benzene rings is 1. The summed E-state index contributed by atoms with van der Waals surface area (Å²) >= 11 is 0. The SMILES string of the molecule is CN1CCN(CC(O)(CN)c2ccccc2)CC1(C)C. The minimum absolute atomic E-state index is 0.129. The minimum Gasteiger partial charge on any atom is -0.382 e. The summed E-state index contributed by atoms with van der Waals surface area (Å²) in [6, 6.07) is 9.76. The first-order valence-corrected chi connectivity index (χ1v) is 7.29. The molecule has 4 heteroatoms. The molecule has 3 N–H and O–H groups in total. The number of hydrogen-bond donors (Lipinski definition) is 2. The number of aliphatic hydroxyl groups is 1. The van der Waals surface area contributed by atoms with Gasteiger partial charge in [0.1, 0.15) is 5.60 Å². The lowest BCUT2D eigenvalue weighted by Crippen LogP contribution is -2.60. The Kier molecular flexibility index (Phi) is 4.49. The van der Waals surface area contributed by atoms with E-state index in [2.05, 4.69) is 30.7 Å². The summed E-state index contributed by atoms with van der Waals surface area (Å²) in [5.74, 6) is 0. The van der Waals surface area contributed by atoms with Crippen molar-refractivity contribution in [1.29, 1.82) is 0 Å². The first-order valence-electron chi connectivity index (χ1n) is 7.29. The molecule has 0 amide bonds. The van der Waals surface area contributed by atoms with Crippen molar-refractivity contribution in [2.45, 2.75) is 25.0 Å². The Morgan fingerprint density at radius 2 is 1.90 bits per heavy atom. The average Bonchev–Trinajstić information content (AvgIpc) is 2.43. The molecule has 1 fully saturated rings. The van der Waals surface area contributed by atoms with Gasteiger partial charge < -0.3 is 10.8 Å². The molecule has 1 unspecified atom stereocenters. The number of hydrogen-bond acceptors (Lipinski definition) is 4. The summed E-state index contributed by atoms with van der Waals surface area (Å²) in [5.41, 5.74) is 5.93. The van der Waals surface area contributed by atoms with Crippen LogP contribution in [-0.4, -0.2) is 60.2 Å². The van der Waals surface area contributed by atoms with E-state index in [-0.39, 0.29) is 12.1 Å². The zero-order valence-corrected chi connectivity index (χ0v) is 12.8. The summed E-state index contributed by atoms with van der Waals surface area (Å²) < 4.78 is 0. The summed E-state index contributed by atoms with van der Waals surface area (Å²) in [4.78, 5) is 4.69. The lowest BCUT2D eigenvalue weighted by Gasteiger charge is -2.47. The third kappa shape index (κ3) is 3.20. The third-order valence-corrected chi connectivity index (χ3v) is 4.53. The molecule has 0 saturated carbocycles. The number of nitrogens with two attached hydrogens (primary N) is 1.